The molecule has 6 rings (SSSR count). The molecule has 2 aliphatic heterocycles. The number of carbonyl (C=O) groups is 3. The molecule has 0 aliphatic carbocycles. The molecule has 3 amide bonds. The fourth-order valence-corrected chi connectivity index (χ4v) is 7.07. The number of hydrogen-bond donors (Lipinski definition) is 0. The number of fused-ring (bicyclic) bond motifs is 1. The van der Waals surface area contributed by atoms with Crippen molar-refractivity contribution in [2.24, 2.45) is 0 Å². The van der Waals surface area contributed by atoms with Crippen molar-refractivity contribution in [3.63, 3.8) is 0 Å². The zero-order valence-electron chi connectivity index (χ0n) is 23.5. The SMILES string of the molecule is CC(=O)N1CCN(C(=O)CN2C(=O)CS[C@H](c3ccccc3Cl)c3c(-c4ccccc4)nn(-c4ccc(F)cc4)c32)CC1. The average Bonchev–Trinajstić information content (AvgIpc) is 3.35. The highest BCUT2D eigenvalue weighted by Gasteiger charge is 2.39. The first-order valence-corrected chi connectivity index (χ1v) is 15.4. The van der Waals surface area contributed by atoms with E-state index in [1.165, 1.54) is 35.7 Å². The van der Waals surface area contributed by atoms with Gasteiger partial charge in [-0.25, -0.2) is 9.07 Å². The first-order chi connectivity index (χ1) is 20.8. The van der Waals surface area contributed by atoms with Gasteiger partial charge in [0, 0.05) is 49.3 Å². The van der Waals surface area contributed by atoms with Crippen molar-refractivity contribution >= 4 is 46.9 Å². The number of piperazine rings is 1. The summed E-state index contributed by atoms with van der Waals surface area (Å²) < 4.78 is 15.6. The Morgan fingerprint density at radius 1 is 0.930 bits per heavy atom. The second-order valence-electron chi connectivity index (χ2n) is 10.4. The molecular formula is C32H29ClFN5O3S. The maximum atomic E-state index is 14.0. The summed E-state index contributed by atoms with van der Waals surface area (Å²) in [5.74, 6) is -0.355. The molecule has 4 aromatic rings. The smallest absolute Gasteiger partial charge is 0.242 e. The van der Waals surface area contributed by atoms with Crippen LogP contribution in [0.5, 0.6) is 0 Å². The maximum Gasteiger partial charge on any atom is 0.242 e. The van der Waals surface area contributed by atoms with E-state index in [0.717, 1.165) is 16.7 Å². The number of amides is 3. The Labute approximate surface area is 258 Å². The van der Waals surface area contributed by atoms with Gasteiger partial charge < -0.3 is 9.80 Å². The molecule has 0 bridgehead atoms. The van der Waals surface area contributed by atoms with E-state index < -0.39 is 5.82 Å². The lowest BCUT2D eigenvalue weighted by Crippen LogP contribution is -2.53. The van der Waals surface area contributed by atoms with Crippen molar-refractivity contribution in [2.75, 3.05) is 43.4 Å². The first-order valence-electron chi connectivity index (χ1n) is 14.0. The van der Waals surface area contributed by atoms with Crippen molar-refractivity contribution in [3.05, 3.63) is 101 Å². The highest BCUT2D eigenvalue weighted by atomic mass is 35.5. The monoisotopic (exact) mass is 617 g/mol. The Morgan fingerprint density at radius 3 is 2.26 bits per heavy atom. The summed E-state index contributed by atoms with van der Waals surface area (Å²) in [4.78, 5) is 44.4. The topological polar surface area (TPSA) is 78.8 Å². The van der Waals surface area contributed by atoms with Crippen LogP contribution in [0, 0.1) is 5.82 Å². The van der Waals surface area contributed by atoms with Crippen molar-refractivity contribution in [1.82, 2.24) is 19.6 Å². The number of thioether (sulfide) groups is 1. The molecule has 1 atom stereocenters. The standard InChI is InChI=1S/C32H29ClFN5O3S/c1-21(40)36-15-17-37(18-16-36)27(41)19-38-28(42)20-43-31(25-9-5-6-10-26(25)33)29-30(22-7-3-2-4-8-22)35-39(32(29)38)24-13-11-23(34)12-14-24/h2-14,31H,15-20H2,1H3/t31-/m1/s1. The molecule has 1 aromatic heterocycles. The number of nitrogens with zero attached hydrogens (tertiary/aromatic N) is 5. The highest BCUT2D eigenvalue weighted by molar-refractivity contribution is 8.00. The van der Waals surface area contributed by atoms with Crippen LogP contribution >= 0.6 is 23.4 Å². The minimum absolute atomic E-state index is 0.0290. The third-order valence-corrected chi connectivity index (χ3v) is 9.35. The lowest BCUT2D eigenvalue weighted by molar-refractivity contribution is -0.137. The zero-order valence-corrected chi connectivity index (χ0v) is 25.0. The van der Waals surface area contributed by atoms with Gasteiger partial charge in [0.1, 0.15) is 18.2 Å². The van der Waals surface area contributed by atoms with Crippen molar-refractivity contribution in [2.45, 2.75) is 12.2 Å². The Morgan fingerprint density at radius 2 is 1.58 bits per heavy atom. The largest absolute Gasteiger partial charge is 0.339 e. The molecule has 8 nitrogen and oxygen atoms in total. The predicted octanol–water partition coefficient (Wildman–Crippen LogP) is 5.19. The second kappa shape index (κ2) is 12.2. The van der Waals surface area contributed by atoms with Gasteiger partial charge in [-0.05, 0) is 35.9 Å². The normalized spacial score (nSPS) is 17.0. The van der Waals surface area contributed by atoms with Gasteiger partial charge in [-0.1, -0.05) is 60.1 Å². The van der Waals surface area contributed by atoms with Crippen molar-refractivity contribution in [1.29, 1.82) is 0 Å². The lowest BCUT2D eigenvalue weighted by atomic mass is 9.99. The van der Waals surface area contributed by atoms with Gasteiger partial charge in [0.05, 0.1) is 22.4 Å². The van der Waals surface area contributed by atoms with E-state index in [2.05, 4.69) is 0 Å². The molecule has 43 heavy (non-hydrogen) atoms. The van der Waals surface area contributed by atoms with Crippen LogP contribution < -0.4 is 4.90 Å². The number of hydrogen-bond acceptors (Lipinski definition) is 5. The molecule has 2 aliphatic rings. The van der Waals surface area contributed by atoms with Crippen LogP contribution in [-0.2, 0) is 14.4 Å². The van der Waals surface area contributed by atoms with Crippen LogP contribution in [0.15, 0.2) is 78.9 Å². The molecular weight excluding hydrogens is 589 g/mol. The van der Waals surface area contributed by atoms with Crippen molar-refractivity contribution in [3.8, 4) is 16.9 Å². The van der Waals surface area contributed by atoms with Gasteiger partial charge in [0.25, 0.3) is 0 Å². The summed E-state index contributed by atoms with van der Waals surface area (Å²) in [6, 6.07) is 23.1. The van der Waals surface area contributed by atoms with Gasteiger partial charge in [0.2, 0.25) is 17.7 Å². The Balaban J connectivity index is 1.52. The van der Waals surface area contributed by atoms with Gasteiger partial charge >= 0.3 is 0 Å². The molecule has 1 fully saturated rings. The minimum atomic E-state index is -0.400. The van der Waals surface area contributed by atoms with E-state index in [4.69, 9.17) is 16.7 Å². The fourth-order valence-electron chi connectivity index (χ4n) is 5.53. The summed E-state index contributed by atoms with van der Waals surface area (Å²) in [6.07, 6.45) is 0. The number of carbonyl (C=O) groups excluding carboxylic acids is 3. The van der Waals surface area contributed by atoms with Crippen molar-refractivity contribution < 1.29 is 18.8 Å². The number of rotatable bonds is 5. The van der Waals surface area contributed by atoms with E-state index in [1.54, 1.807) is 26.6 Å². The molecule has 3 aromatic carbocycles. The van der Waals surface area contributed by atoms with Crippen LogP contribution in [0.2, 0.25) is 5.02 Å². The number of halogens is 2. The third kappa shape index (κ3) is 5.77. The quantitative estimate of drug-likeness (QED) is 0.308. The summed E-state index contributed by atoms with van der Waals surface area (Å²) in [5, 5.41) is 5.19. The molecule has 220 valence electrons. The van der Waals surface area contributed by atoms with Gasteiger partial charge in [-0.3, -0.25) is 19.3 Å². The molecule has 3 heterocycles. The highest BCUT2D eigenvalue weighted by Crippen LogP contribution is 2.49. The number of aromatic nitrogens is 2. The van der Waals surface area contributed by atoms with E-state index in [0.29, 0.717) is 48.4 Å². The van der Waals surface area contributed by atoms with E-state index in [1.807, 2.05) is 54.6 Å². The summed E-state index contributed by atoms with van der Waals surface area (Å²) in [7, 11) is 0. The Bertz CT molecular complexity index is 1670. The number of benzene rings is 3. The number of anilines is 1. The van der Waals surface area contributed by atoms with E-state index in [-0.39, 0.29) is 35.3 Å². The second-order valence-corrected chi connectivity index (χ2v) is 11.9. The van der Waals surface area contributed by atoms with E-state index in [9.17, 15) is 18.8 Å². The Hall–Kier alpha value is -4.15. The van der Waals surface area contributed by atoms with Crippen LogP contribution in [0.1, 0.15) is 23.3 Å². The maximum absolute atomic E-state index is 14.0. The molecule has 11 heteroatoms. The molecule has 0 N–H and O–H groups in total. The molecule has 0 spiro atoms. The van der Waals surface area contributed by atoms with Gasteiger partial charge in [-0.15, -0.1) is 11.8 Å². The summed E-state index contributed by atoms with van der Waals surface area (Å²) in [5.41, 5.74) is 3.59. The Kier molecular flexibility index (Phi) is 8.23. The van der Waals surface area contributed by atoms with E-state index >= 15 is 0 Å². The van der Waals surface area contributed by atoms with Gasteiger partial charge in [0.15, 0.2) is 0 Å². The molecule has 1 saturated heterocycles. The van der Waals surface area contributed by atoms with Crippen LogP contribution in [0.4, 0.5) is 10.2 Å². The van der Waals surface area contributed by atoms with Crippen LogP contribution in [0.3, 0.4) is 0 Å². The molecule has 0 saturated carbocycles. The lowest BCUT2D eigenvalue weighted by Gasteiger charge is -2.35. The minimum Gasteiger partial charge on any atom is -0.339 e. The van der Waals surface area contributed by atoms with Crippen LogP contribution in [-0.4, -0.2) is 75.8 Å². The van der Waals surface area contributed by atoms with Crippen LogP contribution in [0.25, 0.3) is 16.9 Å². The fraction of sp³-hybridized carbons (Fsp3) is 0.250. The van der Waals surface area contributed by atoms with Gasteiger partial charge in [-0.2, -0.15) is 5.10 Å². The molecule has 0 radical (unpaired) electrons. The molecule has 0 unspecified atom stereocenters. The predicted molar refractivity (Wildman–Crippen MR) is 166 cm³/mol. The average molecular weight is 618 g/mol. The summed E-state index contributed by atoms with van der Waals surface area (Å²) >= 11 is 8.17. The first kappa shape index (κ1) is 28.9. The summed E-state index contributed by atoms with van der Waals surface area (Å²) in [6.45, 7) is 2.96. The zero-order chi connectivity index (χ0) is 30.1. The third-order valence-electron chi connectivity index (χ3n) is 7.77.